The van der Waals surface area contributed by atoms with Gasteiger partial charge in [0.05, 0.1) is 19.8 Å². The molecule has 3 rings (SSSR count). The van der Waals surface area contributed by atoms with Crippen molar-refractivity contribution in [3.63, 3.8) is 0 Å². The van der Waals surface area contributed by atoms with Crippen molar-refractivity contribution in [3.05, 3.63) is 47.8 Å². The fourth-order valence-electron chi connectivity index (χ4n) is 3.28. The lowest BCUT2D eigenvalue weighted by Crippen LogP contribution is -2.44. The molecule has 2 aromatic rings. The van der Waals surface area contributed by atoms with Gasteiger partial charge in [-0.25, -0.2) is 0 Å². The zero-order valence-corrected chi connectivity index (χ0v) is 14.0. The number of piperidine rings is 1. The molecule has 24 heavy (non-hydrogen) atoms. The second-order valence-corrected chi connectivity index (χ2v) is 6.38. The molecule has 1 fully saturated rings. The normalized spacial score (nSPS) is 21.8. The van der Waals surface area contributed by atoms with E-state index >= 15 is 0 Å². The Hall–Kier alpha value is -1.89. The second-order valence-electron chi connectivity index (χ2n) is 6.38. The van der Waals surface area contributed by atoms with Gasteiger partial charge < -0.3 is 14.9 Å². The molecule has 1 aliphatic heterocycles. The van der Waals surface area contributed by atoms with E-state index in [0.29, 0.717) is 13.1 Å². The van der Waals surface area contributed by atoms with Gasteiger partial charge in [0.2, 0.25) is 0 Å². The number of aliphatic hydroxyl groups is 2. The minimum atomic E-state index is -0.453. The third-order valence-electron chi connectivity index (χ3n) is 4.68. The molecule has 0 bridgehead atoms. The summed E-state index contributed by atoms with van der Waals surface area (Å²) in [5, 5.41) is 23.6. The number of likely N-dealkylation sites (tertiary alicyclic amines) is 1. The van der Waals surface area contributed by atoms with Crippen molar-refractivity contribution in [1.82, 2.24) is 14.7 Å². The first kappa shape index (κ1) is 17.0. The van der Waals surface area contributed by atoms with Gasteiger partial charge in [-0.2, -0.15) is 5.10 Å². The number of aromatic nitrogens is 2. The minimum absolute atomic E-state index is 0.00694. The Kier molecular flexibility index (Phi) is 5.50. The molecule has 1 aliphatic rings. The van der Waals surface area contributed by atoms with E-state index in [0.717, 1.165) is 30.8 Å². The fraction of sp³-hybridized carbons (Fsp3) is 0.500. The minimum Gasteiger partial charge on any atom is -0.496 e. The molecular formula is C18H25N3O3. The standard InChI is InChI=1S/C18H25N3O3/c1-24-18-4-3-14(9-16(18)11-21-7-2-6-19-21)10-20-8-5-15(13-22)17(23)12-20/h2-4,6-7,9,15,17,22-23H,5,8,10-13H2,1H3/t15-,17-/m1/s1. The Morgan fingerprint density at radius 3 is 2.88 bits per heavy atom. The van der Waals surface area contributed by atoms with Crippen LogP contribution in [0.15, 0.2) is 36.7 Å². The van der Waals surface area contributed by atoms with E-state index in [1.807, 2.05) is 23.0 Å². The summed E-state index contributed by atoms with van der Waals surface area (Å²) in [7, 11) is 1.68. The monoisotopic (exact) mass is 331 g/mol. The molecule has 1 aromatic carbocycles. The van der Waals surface area contributed by atoms with Crippen LogP contribution in [0.5, 0.6) is 5.75 Å². The molecule has 0 saturated carbocycles. The highest BCUT2D eigenvalue weighted by atomic mass is 16.5. The number of benzene rings is 1. The van der Waals surface area contributed by atoms with Crippen molar-refractivity contribution >= 4 is 0 Å². The third-order valence-corrected chi connectivity index (χ3v) is 4.68. The average molecular weight is 331 g/mol. The van der Waals surface area contributed by atoms with Crippen molar-refractivity contribution in [2.24, 2.45) is 5.92 Å². The molecule has 1 saturated heterocycles. The van der Waals surface area contributed by atoms with Crippen molar-refractivity contribution in [1.29, 1.82) is 0 Å². The zero-order valence-electron chi connectivity index (χ0n) is 14.0. The van der Waals surface area contributed by atoms with Crippen LogP contribution in [0.2, 0.25) is 0 Å². The molecule has 130 valence electrons. The molecule has 0 aliphatic carbocycles. The largest absolute Gasteiger partial charge is 0.496 e. The number of hydrogen-bond acceptors (Lipinski definition) is 5. The summed E-state index contributed by atoms with van der Waals surface area (Å²) in [5.41, 5.74) is 2.28. The van der Waals surface area contributed by atoms with Crippen molar-refractivity contribution in [2.45, 2.75) is 25.6 Å². The summed E-state index contributed by atoms with van der Waals surface area (Å²) in [6.45, 7) is 3.00. The molecule has 1 aromatic heterocycles. The Morgan fingerprint density at radius 2 is 2.21 bits per heavy atom. The van der Waals surface area contributed by atoms with Crippen LogP contribution in [-0.4, -0.2) is 57.8 Å². The van der Waals surface area contributed by atoms with Crippen LogP contribution in [0.1, 0.15) is 17.5 Å². The first-order valence-corrected chi connectivity index (χ1v) is 8.34. The first-order chi connectivity index (χ1) is 11.7. The maximum Gasteiger partial charge on any atom is 0.123 e. The molecule has 6 nitrogen and oxygen atoms in total. The van der Waals surface area contributed by atoms with E-state index in [1.54, 1.807) is 13.3 Å². The summed E-state index contributed by atoms with van der Waals surface area (Å²) in [6, 6.07) is 8.11. The molecule has 0 radical (unpaired) electrons. The van der Waals surface area contributed by atoms with Crippen LogP contribution in [0.25, 0.3) is 0 Å². The maximum absolute atomic E-state index is 10.1. The van der Waals surface area contributed by atoms with Gasteiger partial charge >= 0.3 is 0 Å². The lowest BCUT2D eigenvalue weighted by molar-refractivity contribution is -0.00444. The van der Waals surface area contributed by atoms with Crippen LogP contribution in [0.4, 0.5) is 0 Å². The predicted molar refractivity (Wildman–Crippen MR) is 90.8 cm³/mol. The van der Waals surface area contributed by atoms with E-state index in [-0.39, 0.29) is 12.5 Å². The summed E-state index contributed by atoms with van der Waals surface area (Å²) in [6.07, 6.45) is 4.07. The highest BCUT2D eigenvalue weighted by molar-refractivity contribution is 5.37. The van der Waals surface area contributed by atoms with Crippen LogP contribution < -0.4 is 4.74 Å². The lowest BCUT2D eigenvalue weighted by Gasteiger charge is -2.35. The number of rotatable bonds is 6. The Bertz CT molecular complexity index is 645. The van der Waals surface area contributed by atoms with Crippen molar-refractivity contribution < 1.29 is 14.9 Å². The summed E-state index contributed by atoms with van der Waals surface area (Å²) < 4.78 is 7.34. The van der Waals surface area contributed by atoms with Crippen LogP contribution in [-0.2, 0) is 13.1 Å². The van der Waals surface area contributed by atoms with E-state index in [4.69, 9.17) is 4.74 Å². The lowest BCUT2D eigenvalue weighted by atomic mass is 9.94. The predicted octanol–water partition coefficient (Wildman–Crippen LogP) is 1.12. The highest BCUT2D eigenvalue weighted by Gasteiger charge is 2.27. The smallest absolute Gasteiger partial charge is 0.123 e. The zero-order chi connectivity index (χ0) is 16.9. The van der Waals surface area contributed by atoms with Crippen molar-refractivity contribution in [3.8, 4) is 5.75 Å². The van der Waals surface area contributed by atoms with Gasteiger partial charge in [0.25, 0.3) is 0 Å². The van der Waals surface area contributed by atoms with Gasteiger partial charge in [0.1, 0.15) is 5.75 Å². The topological polar surface area (TPSA) is 70.8 Å². The number of ether oxygens (including phenoxy) is 1. The molecule has 2 heterocycles. The summed E-state index contributed by atoms with van der Waals surface area (Å²) in [4.78, 5) is 2.23. The Labute approximate surface area is 142 Å². The average Bonchev–Trinajstić information content (AvgIpc) is 3.08. The quantitative estimate of drug-likeness (QED) is 0.830. The fourth-order valence-corrected chi connectivity index (χ4v) is 3.28. The SMILES string of the molecule is COc1ccc(CN2CC[C@H](CO)[C@H](O)C2)cc1Cn1cccn1. The van der Waals surface area contributed by atoms with E-state index in [9.17, 15) is 10.2 Å². The first-order valence-electron chi connectivity index (χ1n) is 8.34. The molecule has 0 unspecified atom stereocenters. The molecule has 6 heteroatoms. The molecule has 0 amide bonds. The third kappa shape index (κ3) is 3.95. The van der Waals surface area contributed by atoms with E-state index in [1.165, 1.54) is 5.56 Å². The number of nitrogens with zero attached hydrogens (tertiary/aromatic N) is 3. The molecule has 0 spiro atoms. The molecular weight excluding hydrogens is 306 g/mol. The van der Waals surface area contributed by atoms with Crippen LogP contribution in [0, 0.1) is 5.92 Å². The van der Waals surface area contributed by atoms with Crippen LogP contribution in [0.3, 0.4) is 0 Å². The van der Waals surface area contributed by atoms with E-state index < -0.39 is 6.10 Å². The maximum atomic E-state index is 10.1. The summed E-state index contributed by atoms with van der Waals surface area (Å²) in [5.74, 6) is 0.862. The number of hydrogen-bond donors (Lipinski definition) is 2. The second kappa shape index (κ2) is 7.79. The Morgan fingerprint density at radius 1 is 1.33 bits per heavy atom. The van der Waals surface area contributed by atoms with Gasteiger partial charge in [0.15, 0.2) is 0 Å². The van der Waals surface area contributed by atoms with Crippen molar-refractivity contribution in [2.75, 3.05) is 26.8 Å². The molecule has 2 atom stereocenters. The Balaban J connectivity index is 1.70. The van der Waals surface area contributed by atoms with E-state index in [2.05, 4.69) is 22.1 Å². The molecule has 2 N–H and O–H groups in total. The van der Waals surface area contributed by atoms with Gasteiger partial charge in [-0.05, 0) is 36.7 Å². The number of methoxy groups -OCH3 is 1. The summed E-state index contributed by atoms with van der Waals surface area (Å²) >= 11 is 0. The number of aliphatic hydroxyl groups excluding tert-OH is 2. The number of β-amino-alcohol motifs (C(OH)–C–C–N with tert-alkyl or cyclic N) is 1. The van der Waals surface area contributed by atoms with Gasteiger partial charge in [-0.1, -0.05) is 6.07 Å². The van der Waals surface area contributed by atoms with Gasteiger partial charge in [-0.3, -0.25) is 9.58 Å². The highest BCUT2D eigenvalue weighted by Crippen LogP contribution is 2.24. The van der Waals surface area contributed by atoms with Crippen LogP contribution >= 0.6 is 0 Å². The van der Waals surface area contributed by atoms with Gasteiger partial charge in [0, 0.05) is 43.6 Å². The van der Waals surface area contributed by atoms with Gasteiger partial charge in [-0.15, -0.1) is 0 Å².